The van der Waals surface area contributed by atoms with Gasteiger partial charge in [-0.15, -0.1) is 0 Å². The highest BCUT2D eigenvalue weighted by molar-refractivity contribution is 9.09. The van der Waals surface area contributed by atoms with Crippen LogP contribution in [0, 0.1) is 5.41 Å². The Labute approximate surface area is 106 Å². The first-order valence-electron chi connectivity index (χ1n) is 5.89. The third kappa shape index (κ3) is 3.29. The Balaban J connectivity index is 1.74. The van der Waals surface area contributed by atoms with Crippen LogP contribution in [-0.4, -0.2) is 35.4 Å². The highest BCUT2D eigenvalue weighted by Crippen LogP contribution is 2.47. The Morgan fingerprint density at radius 2 is 2.25 bits per heavy atom. The summed E-state index contributed by atoms with van der Waals surface area (Å²) in [4.78, 5) is 6.78. The Morgan fingerprint density at radius 3 is 2.81 bits per heavy atom. The molecular formula is C13H19BrN2. The molecule has 0 spiro atoms. The summed E-state index contributed by atoms with van der Waals surface area (Å²) in [6, 6.07) is 6.13. The van der Waals surface area contributed by atoms with Crippen molar-refractivity contribution >= 4 is 15.9 Å². The molecular weight excluding hydrogens is 264 g/mol. The van der Waals surface area contributed by atoms with E-state index in [4.69, 9.17) is 0 Å². The number of aromatic nitrogens is 1. The molecule has 88 valence electrons. The molecule has 3 heteroatoms. The van der Waals surface area contributed by atoms with Gasteiger partial charge in [-0.2, -0.15) is 0 Å². The zero-order valence-electron chi connectivity index (χ0n) is 9.82. The van der Waals surface area contributed by atoms with Gasteiger partial charge < -0.3 is 4.90 Å². The lowest BCUT2D eigenvalue weighted by atomic mass is 10.1. The van der Waals surface area contributed by atoms with Crippen molar-refractivity contribution in [3.8, 4) is 0 Å². The molecule has 0 N–H and O–H groups in total. The van der Waals surface area contributed by atoms with Crippen molar-refractivity contribution in [1.29, 1.82) is 0 Å². The van der Waals surface area contributed by atoms with Gasteiger partial charge in [-0.1, -0.05) is 22.0 Å². The third-order valence-electron chi connectivity index (χ3n) is 3.32. The predicted octanol–water partition coefficient (Wildman–Crippen LogP) is 2.73. The molecule has 16 heavy (non-hydrogen) atoms. The van der Waals surface area contributed by atoms with Crippen molar-refractivity contribution in [2.24, 2.45) is 5.41 Å². The van der Waals surface area contributed by atoms with E-state index in [9.17, 15) is 0 Å². The van der Waals surface area contributed by atoms with Gasteiger partial charge in [0.15, 0.2) is 0 Å². The molecule has 0 radical (unpaired) electrons. The molecule has 0 aromatic carbocycles. The highest BCUT2D eigenvalue weighted by Gasteiger charge is 2.41. The molecule has 1 saturated carbocycles. The number of hydrogen-bond donors (Lipinski definition) is 0. The molecule has 0 amide bonds. The second kappa shape index (κ2) is 5.28. The molecule has 0 atom stereocenters. The van der Waals surface area contributed by atoms with Crippen LogP contribution in [0.3, 0.4) is 0 Å². The van der Waals surface area contributed by atoms with Gasteiger partial charge in [0, 0.05) is 36.7 Å². The lowest BCUT2D eigenvalue weighted by Gasteiger charge is -2.21. The lowest BCUT2D eigenvalue weighted by molar-refractivity contribution is 0.280. The largest absolute Gasteiger partial charge is 0.305 e. The SMILES string of the molecule is CN(CCc1ccccn1)CC1(CBr)CC1. The van der Waals surface area contributed by atoms with E-state index < -0.39 is 0 Å². The van der Waals surface area contributed by atoms with Crippen LogP contribution in [0.4, 0.5) is 0 Å². The second-order valence-electron chi connectivity index (χ2n) is 4.94. The van der Waals surface area contributed by atoms with Crippen LogP contribution in [0.5, 0.6) is 0 Å². The van der Waals surface area contributed by atoms with E-state index in [1.807, 2.05) is 12.3 Å². The molecule has 0 aliphatic heterocycles. The number of hydrogen-bond acceptors (Lipinski definition) is 2. The van der Waals surface area contributed by atoms with Gasteiger partial charge in [-0.3, -0.25) is 4.98 Å². The first-order chi connectivity index (χ1) is 7.74. The Hall–Kier alpha value is -0.410. The smallest absolute Gasteiger partial charge is 0.0416 e. The second-order valence-corrected chi connectivity index (χ2v) is 5.50. The Morgan fingerprint density at radius 1 is 1.44 bits per heavy atom. The van der Waals surface area contributed by atoms with Gasteiger partial charge in [0.1, 0.15) is 0 Å². The molecule has 1 aromatic rings. The maximum atomic E-state index is 4.35. The zero-order chi connectivity index (χ0) is 11.4. The number of halogens is 1. The van der Waals surface area contributed by atoms with E-state index in [0.717, 1.165) is 18.3 Å². The number of rotatable bonds is 6. The van der Waals surface area contributed by atoms with Crippen molar-refractivity contribution < 1.29 is 0 Å². The molecule has 1 aliphatic rings. The maximum Gasteiger partial charge on any atom is 0.0416 e. The zero-order valence-corrected chi connectivity index (χ0v) is 11.4. The molecule has 1 aromatic heterocycles. The van der Waals surface area contributed by atoms with Crippen LogP contribution in [0.15, 0.2) is 24.4 Å². The Kier molecular flexibility index (Phi) is 3.98. The molecule has 1 heterocycles. The van der Waals surface area contributed by atoms with Gasteiger partial charge in [-0.05, 0) is 37.4 Å². The molecule has 2 nitrogen and oxygen atoms in total. The van der Waals surface area contributed by atoms with E-state index >= 15 is 0 Å². The fraction of sp³-hybridized carbons (Fsp3) is 0.615. The number of alkyl halides is 1. The topological polar surface area (TPSA) is 16.1 Å². The summed E-state index contributed by atoms with van der Waals surface area (Å²) in [6.07, 6.45) is 5.68. The fourth-order valence-electron chi connectivity index (χ4n) is 2.01. The van der Waals surface area contributed by atoms with Gasteiger partial charge in [0.05, 0.1) is 0 Å². The van der Waals surface area contributed by atoms with Gasteiger partial charge in [0.2, 0.25) is 0 Å². The van der Waals surface area contributed by atoms with E-state index in [-0.39, 0.29) is 0 Å². The molecule has 1 aliphatic carbocycles. The summed E-state index contributed by atoms with van der Waals surface area (Å²) in [6.45, 7) is 2.32. The Bertz CT molecular complexity index is 322. The van der Waals surface area contributed by atoms with E-state index in [1.54, 1.807) is 0 Å². The van der Waals surface area contributed by atoms with E-state index in [0.29, 0.717) is 5.41 Å². The maximum absolute atomic E-state index is 4.35. The standard InChI is InChI=1S/C13H19BrN2/c1-16(11-13(10-14)6-7-13)9-5-12-4-2-3-8-15-12/h2-4,8H,5-7,9-11H2,1H3. The summed E-state index contributed by atoms with van der Waals surface area (Å²) < 4.78 is 0. The van der Waals surface area contributed by atoms with Crippen molar-refractivity contribution in [3.05, 3.63) is 30.1 Å². The molecule has 0 bridgehead atoms. The molecule has 0 unspecified atom stereocenters. The predicted molar refractivity (Wildman–Crippen MR) is 70.9 cm³/mol. The average Bonchev–Trinajstić information content (AvgIpc) is 3.08. The highest BCUT2D eigenvalue weighted by atomic mass is 79.9. The number of likely N-dealkylation sites (N-methyl/N-ethyl adjacent to an activating group) is 1. The van der Waals surface area contributed by atoms with Crippen LogP contribution in [0.2, 0.25) is 0 Å². The summed E-state index contributed by atoms with van der Waals surface area (Å²) in [5.74, 6) is 0. The normalized spacial score (nSPS) is 17.7. The van der Waals surface area contributed by atoms with Crippen LogP contribution >= 0.6 is 15.9 Å². The summed E-state index contributed by atoms with van der Waals surface area (Å²) in [5, 5.41) is 1.15. The van der Waals surface area contributed by atoms with Crippen molar-refractivity contribution in [2.75, 3.05) is 25.5 Å². The van der Waals surface area contributed by atoms with Crippen LogP contribution in [0.1, 0.15) is 18.5 Å². The molecule has 1 fully saturated rings. The lowest BCUT2D eigenvalue weighted by Crippen LogP contribution is -2.29. The minimum absolute atomic E-state index is 0.582. The average molecular weight is 283 g/mol. The monoisotopic (exact) mass is 282 g/mol. The van der Waals surface area contributed by atoms with Gasteiger partial charge in [-0.25, -0.2) is 0 Å². The van der Waals surface area contributed by atoms with Crippen molar-refractivity contribution in [3.63, 3.8) is 0 Å². The fourth-order valence-corrected chi connectivity index (χ4v) is 2.75. The first-order valence-corrected chi connectivity index (χ1v) is 7.01. The number of nitrogens with zero attached hydrogens (tertiary/aromatic N) is 2. The van der Waals surface area contributed by atoms with E-state index in [2.05, 4.69) is 45.0 Å². The summed E-state index contributed by atoms with van der Waals surface area (Å²) >= 11 is 3.62. The minimum Gasteiger partial charge on any atom is -0.305 e. The number of pyridine rings is 1. The van der Waals surface area contributed by atoms with Crippen LogP contribution in [0.25, 0.3) is 0 Å². The third-order valence-corrected chi connectivity index (χ3v) is 4.51. The van der Waals surface area contributed by atoms with Crippen LogP contribution in [-0.2, 0) is 6.42 Å². The molecule has 0 saturated heterocycles. The van der Waals surface area contributed by atoms with Crippen molar-refractivity contribution in [1.82, 2.24) is 9.88 Å². The van der Waals surface area contributed by atoms with E-state index in [1.165, 1.54) is 25.1 Å². The summed E-state index contributed by atoms with van der Waals surface area (Å²) in [7, 11) is 2.21. The van der Waals surface area contributed by atoms with Crippen LogP contribution < -0.4 is 0 Å². The summed E-state index contributed by atoms with van der Waals surface area (Å²) in [5.41, 5.74) is 1.77. The van der Waals surface area contributed by atoms with Gasteiger partial charge >= 0.3 is 0 Å². The molecule has 2 rings (SSSR count). The van der Waals surface area contributed by atoms with Crippen molar-refractivity contribution in [2.45, 2.75) is 19.3 Å². The first kappa shape index (κ1) is 12.1. The quantitative estimate of drug-likeness (QED) is 0.746. The minimum atomic E-state index is 0.582. The van der Waals surface area contributed by atoms with Gasteiger partial charge in [0.25, 0.3) is 0 Å².